The number of hydrogen-bond acceptors (Lipinski definition) is 3. The topological polar surface area (TPSA) is 66.4 Å². The van der Waals surface area contributed by atoms with E-state index in [4.69, 9.17) is 5.11 Å². The van der Waals surface area contributed by atoms with Crippen molar-refractivity contribution in [3.8, 4) is 0 Å². The SMILES string of the molecule is CCC(CCO)NS(=O)(=O)c1cc(C)ccc1Br. The molecule has 6 heteroatoms. The molecule has 0 saturated carbocycles. The summed E-state index contributed by atoms with van der Waals surface area (Å²) in [5.41, 5.74) is 0.883. The largest absolute Gasteiger partial charge is 0.396 e. The minimum absolute atomic E-state index is 0.0317. The number of aryl methyl sites for hydroxylation is 1. The van der Waals surface area contributed by atoms with Gasteiger partial charge >= 0.3 is 0 Å². The molecule has 1 rings (SSSR count). The Kier molecular flexibility index (Phi) is 5.78. The van der Waals surface area contributed by atoms with Crippen LogP contribution >= 0.6 is 15.9 Å². The molecule has 0 aliphatic rings. The van der Waals surface area contributed by atoms with E-state index in [2.05, 4.69) is 20.7 Å². The maximum absolute atomic E-state index is 12.2. The zero-order valence-corrected chi connectivity index (χ0v) is 12.9. The summed E-state index contributed by atoms with van der Waals surface area (Å²) in [4.78, 5) is 0.235. The summed E-state index contributed by atoms with van der Waals surface area (Å²) < 4.78 is 27.6. The molecule has 0 saturated heterocycles. The lowest BCUT2D eigenvalue weighted by atomic mass is 10.2. The molecular weight excluding hydrogens is 318 g/mol. The number of aliphatic hydroxyl groups is 1. The standard InChI is InChI=1S/C12H18BrNO3S/c1-3-10(6-7-15)14-18(16,17)12-8-9(2)4-5-11(12)13/h4-5,8,10,14-15H,3,6-7H2,1-2H3. The van der Waals surface area contributed by atoms with Crippen molar-refractivity contribution >= 4 is 26.0 Å². The molecule has 0 radical (unpaired) electrons. The Balaban J connectivity index is 3.02. The van der Waals surface area contributed by atoms with E-state index in [0.717, 1.165) is 5.56 Å². The van der Waals surface area contributed by atoms with E-state index in [0.29, 0.717) is 17.3 Å². The van der Waals surface area contributed by atoms with Gasteiger partial charge in [0.1, 0.15) is 0 Å². The molecule has 0 bridgehead atoms. The van der Waals surface area contributed by atoms with Gasteiger partial charge in [0.15, 0.2) is 0 Å². The van der Waals surface area contributed by atoms with Crippen LogP contribution in [0.5, 0.6) is 0 Å². The molecule has 0 spiro atoms. The van der Waals surface area contributed by atoms with Gasteiger partial charge in [-0.25, -0.2) is 13.1 Å². The van der Waals surface area contributed by atoms with E-state index in [-0.39, 0.29) is 17.5 Å². The Labute approximate surface area is 117 Å². The number of benzene rings is 1. The quantitative estimate of drug-likeness (QED) is 0.837. The molecule has 0 fully saturated rings. The number of nitrogens with one attached hydrogen (secondary N) is 1. The van der Waals surface area contributed by atoms with Crippen LogP contribution in [0.15, 0.2) is 27.6 Å². The molecule has 18 heavy (non-hydrogen) atoms. The van der Waals surface area contributed by atoms with Crippen LogP contribution in [0.2, 0.25) is 0 Å². The van der Waals surface area contributed by atoms with Crippen molar-refractivity contribution in [2.75, 3.05) is 6.61 Å². The van der Waals surface area contributed by atoms with Crippen molar-refractivity contribution in [1.29, 1.82) is 0 Å². The Morgan fingerprint density at radius 2 is 2.11 bits per heavy atom. The molecule has 102 valence electrons. The smallest absolute Gasteiger partial charge is 0.241 e. The Morgan fingerprint density at radius 1 is 1.44 bits per heavy atom. The molecule has 4 nitrogen and oxygen atoms in total. The fraction of sp³-hybridized carbons (Fsp3) is 0.500. The minimum Gasteiger partial charge on any atom is -0.396 e. The number of aliphatic hydroxyl groups excluding tert-OH is 1. The van der Waals surface area contributed by atoms with Gasteiger partial charge in [-0.1, -0.05) is 13.0 Å². The summed E-state index contributed by atoms with van der Waals surface area (Å²) in [5.74, 6) is 0. The normalized spacial score (nSPS) is 13.6. The van der Waals surface area contributed by atoms with Crippen molar-refractivity contribution in [2.24, 2.45) is 0 Å². The van der Waals surface area contributed by atoms with Crippen molar-refractivity contribution in [1.82, 2.24) is 4.72 Å². The Bertz CT molecular complexity index is 502. The molecule has 1 aromatic carbocycles. The predicted molar refractivity (Wildman–Crippen MR) is 75.0 cm³/mol. The third kappa shape index (κ3) is 4.05. The number of hydrogen-bond donors (Lipinski definition) is 2. The van der Waals surface area contributed by atoms with Crippen molar-refractivity contribution in [3.05, 3.63) is 28.2 Å². The van der Waals surface area contributed by atoms with E-state index < -0.39 is 10.0 Å². The minimum atomic E-state index is -3.55. The van der Waals surface area contributed by atoms with Gasteiger partial charge < -0.3 is 5.11 Å². The summed E-state index contributed by atoms with van der Waals surface area (Å²) in [5, 5.41) is 8.89. The van der Waals surface area contributed by atoms with E-state index >= 15 is 0 Å². The Morgan fingerprint density at radius 3 is 2.67 bits per heavy atom. The van der Waals surface area contributed by atoms with Crippen LogP contribution in [0.4, 0.5) is 0 Å². The van der Waals surface area contributed by atoms with Gasteiger partial charge in [-0.2, -0.15) is 0 Å². The first kappa shape index (κ1) is 15.6. The van der Waals surface area contributed by atoms with E-state index in [1.54, 1.807) is 12.1 Å². The molecule has 1 atom stereocenters. The van der Waals surface area contributed by atoms with Crippen LogP contribution < -0.4 is 4.72 Å². The third-order valence-electron chi connectivity index (χ3n) is 2.67. The zero-order chi connectivity index (χ0) is 13.8. The first-order valence-electron chi connectivity index (χ1n) is 5.80. The van der Waals surface area contributed by atoms with Gasteiger partial charge in [0.25, 0.3) is 0 Å². The van der Waals surface area contributed by atoms with Gasteiger partial charge in [0.05, 0.1) is 4.90 Å². The fourth-order valence-electron chi connectivity index (χ4n) is 1.60. The molecular formula is C12H18BrNO3S. The molecule has 0 heterocycles. The first-order chi connectivity index (χ1) is 8.40. The summed E-state index contributed by atoms with van der Waals surface area (Å²) in [6.45, 7) is 3.70. The molecule has 0 aliphatic heterocycles. The highest BCUT2D eigenvalue weighted by molar-refractivity contribution is 9.10. The molecule has 2 N–H and O–H groups in total. The van der Waals surface area contributed by atoms with E-state index in [1.165, 1.54) is 0 Å². The number of rotatable bonds is 6. The van der Waals surface area contributed by atoms with Crippen molar-refractivity contribution in [3.63, 3.8) is 0 Å². The monoisotopic (exact) mass is 335 g/mol. The lowest BCUT2D eigenvalue weighted by molar-refractivity contribution is 0.270. The highest BCUT2D eigenvalue weighted by atomic mass is 79.9. The van der Waals surface area contributed by atoms with Crippen molar-refractivity contribution < 1.29 is 13.5 Å². The van der Waals surface area contributed by atoms with Crippen LogP contribution in [0, 0.1) is 6.92 Å². The second-order valence-electron chi connectivity index (χ2n) is 4.17. The molecule has 0 aliphatic carbocycles. The van der Waals surface area contributed by atoms with Gasteiger partial charge in [-0.05, 0) is 53.4 Å². The van der Waals surface area contributed by atoms with Crippen LogP contribution in [-0.4, -0.2) is 26.2 Å². The summed E-state index contributed by atoms with van der Waals surface area (Å²) in [6.07, 6.45) is 1.06. The molecule has 0 amide bonds. The van der Waals surface area contributed by atoms with E-state index in [1.807, 2.05) is 19.9 Å². The number of halogens is 1. The van der Waals surface area contributed by atoms with Gasteiger partial charge in [-0.15, -0.1) is 0 Å². The van der Waals surface area contributed by atoms with Crippen LogP contribution in [0.1, 0.15) is 25.3 Å². The van der Waals surface area contributed by atoms with Gasteiger partial charge in [0.2, 0.25) is 10.0 Å². The maximum atomic E-state index is 12.2. The summed E-state index contributed by atoms with van der Waals surface area (Å²) in [6, 6.07) is 4.94. The lowest BCUT2D eigenvalue weighted by Crippen LogP contribution is -2.35. The second-order valence-corrected chi connectivity index (χ2v) is 6.71. The highest BCUT2D eigenvalue weighted by Crippen LogP contribution is 2.23. The highest BCUT2D eigenvalue weighted by Gasteiger charge is 2.21. The van der Waals surface area contributed by atoms with Crippen LogP contribution in [-0.2, 0) is 10.0 Å². The molecule has 0 aromatic heterocycles. The van der Waals surface area contributed by atoms with E-state index in [9.17, 15) is 8.42 Å². The molecule has 1 aromatic rings. The van der Waals surface area contributed by atoms with Gasteiger partial charge in [0, 0.05) is 17.1 Å². The third-order valence-corrected chi connectivity index (χ3v) is 5.18. The van der Waals surface area contributed by atoms with Crippen LogP contribution in [0.25, 0.3) is 0 Å². The summed E-state index contributed by atoms with van der Waals surface area (Å²) in [7, 11) is -3.55. The molecule has 1 unspecified atom stereocenters. The first-order valence-corrected chi connectivity index (χ1v) is 8.07. The second kappa shape index (κ2) is 6.65. The van der Waals surface area contributed by atoms with Gasteiger partial charge in [-0.3, -0.25) is 0 Å². The lowest BCUT2D eigenvalue weighted by Gasteiger charge is -2.16. The van der Waals surface area contributed by atoms with Crippen LogP contribution in [0.3, 0.4) is 0 Å². The average Bonchev–Trinajstić information content (AvgIpc) is 2.31. The predicted octanol–water partition coefficient (Wildman–Crippen LogP) is 2.20. The summed E-state index contributed by atoms with van der Waals surface area (Å²) >= 11 is 3.25. The number of sulfonamides is 1. The maximum Gasteiger partial charge on any atom is 0.241 e. The zero-order valence-electron chi connectivity index (χ0n) is 10.5. The fourth-order valence-corrected chi connectivity index (χ4v) is 4.00. The van der Waals surface area contributed by atoms with Crippen molar-refractivity contribution in [2.45, 2.75) is 37.6 Å². The average molecular weight is 336 g/mol. The Hall–Kier alpha value is -0.430.